The fourth-order valence-corrected chi connectivity index (χ4v) is 3.71. The molecule has 1 N–H and O–H groups in total. The van der Waals surface area contributed by atoms with Crippen LogP contribution in [0, 0.1) is 5.41 Å². The van der Waals surface area contributed by atoms with Crippen molar-refractivity contribution in [3.8, 4) is 0 Å². The molecule has 2 nitrogen and oxygen atoms in total. The molecule has 1 aromatic heterocycles. The molecule has 1 atom stereocenters. The number of thioether (sulfide) groups is 1. The van der Waals surface area contributed by atoms with Crippen molar-refractivity contribution in [1.82, 2.24) is 4.98 Å². The first kappa shape index (κ1) is 10.3. The van der Waals surface area contributed by atoms with E-state index in [4.69, 9.17) is 0 Å². The van der Waals surface area contributed by atoms with Crippen molar-refractivity contribution < 1.29 is 0 Å². The summed E-state index contributed by atoms with van der Waals surface area (Å²) in [6.07, 6.45) is 3.10. The van der Waals surface area contributed by atoms with Crippen molar-refractivity contribution in [1.29, 1.82) is 0 Å². The molecule has 2 rings (SSSR count). The first-order valence-electron chi connectivity index (χ1n) is 4.89. The van der Waals surface area contributed by atoms with Crippen molar-refractivity contribution in [2.75, 3.05) is 16.8 Å². The van der Waals surface area contributed by atoms with Crippen LogP contribution in [0.15, 0.2) is 11.6 Å². The summed E-state index contributed by atoms with van der Waals surface area (Å²) in [5, 5.41) is 6.58. The predicted molar refractivity (Wildman–Crippen MR) is 65.2 cm³/mol. The van der Waals surface area contributed by atoms with Gasteiger partial charge in [-0.05, 0) is 17.6 Å². The summed E-state index contributed by atoms with van der Waals surface area (Å²) in [7, 11) is 0. The topological polar surface area (TPSA) is 24.9 Å². The van der Waals surface area contributed by atoms with Gasteiger partial charge in [0.25, 0.3) is 0 Å². The standard InChI is InChI=1S/C10H16N2S2/c1-10(2)5-8(6-13-7-10)12-9-11-3-4-14-9/h3-4,8H,5-7H2,1-2H3,(H,11,12). The Bertz CT molecular complexity index is 282. The lowest BCUT2D eigenvalue weighted by atomic mass is 9.88. The number of rotatable bonds is 2. The molecule has 0 aromatic carbocycles. The van der Waals surface area contributed by atoms with E-state index in [1.165, 1.54) is 17.9 Å². The highest BCUT2D eigenvalue weighted by Gasteiger charge is 2.28. The van der Waals surface area contributed by atoms with Crippen LogP contribution in [0.25, 0.3) is 0 Å². The van der Waals surface area contributed by atoms with E-state index in [2.05, 4.69) is 24.1 Å². The Balaban J connectivity index is 1.92. The smallest absolute Gasteiger partial charge is 0.182 e. The second kappa shape index (κ2) is 4.11. The molecule has 4 heteroatoms. The molecule has 0 aliphatic carbocycles. The summed E-state index contributed by atoms with van der Waals surface area (Å²) >= 11 is 3.73. The molecule has 0 saturated carbocycles. The van der Waals surface area contributed by atoms with Gasteiger partial charge in [-0.25, -0.2) is 4.98 Å². The van der Waals surface area contributed by atoms with Gasteiger partial charge in [0.1, 0.15) is 0 Å². The predicted octanol–water partition coefficient (Wildman–Crippen LogP) is 3.09. The Morgan fingerprint density at radius 3 is 3.07 bits per heavy atom. The van der Waals surface area contributed by atoms with Crippen LogP contribution in [-0.2, 0) is 0 Å². The van der Waals surface area contributed by atoms with Gasteiger partial charge >= 0.3 is 0 Å². The van der Waals surface area contributed by atoms with E-state index in [1.54, 1.807) is 11.3 Å². The molecule has 0 radical (unpaired) electrons. The highest BCUT2D eigenvalue weighted by molar-refractivity contribution is 7.99. The minimum absolute atomic E-state index is 0.470. The summed E-state index contributed by atoms with van der Waals surface area (Å²) in [4.78, 5) is 4.26. The van der Waals surface area contributed by atoms with E-state index < -0.39 is 0 Å². The number of aromatic nitrogens is 1. The number of hydrogen-bond acceptors (Lipinski definition) is 4. The summed E-state index contributed by atoms with van der Waals surface area (Å²) in [6.45, 7) is 4.69. The lowest BCUT2D eigenvalue weighted by Crippen LogP contribution is -2.35. The van der Waals surface area contributed by atoms with E-state index in [0.717, 1.165) is 5.13 Å². The van der Waals surface area contributed by atoms with Gasteiger partial charge in [0.05, 0.1) is 0 Å². The number of nitrogens with one attached hydrogen (secondary N) is 1. The molecule has 1 aliphatic rings. The SMILES string of the molecule is CC1(C)CSCC(Nc2nccs2)C1. The quantitative estimate of drug-likeness (QED) is 0.842. The largest absolute Gasteiger partial charge is 0.358 e. The Morgan fingerprint density at radius 1 is 1.57 bits per heavy atom. The summed E-state index contributed by atoms with van der Waals surface area (Å²) in [5.41, 5.74) is 0.470. The number of thiazole rings is 1. The summed E-state index contributed by atoms with van der Waals surface area (Å²) in [5.74, 6) is 2.49. The summed E-state index contributed by atoms with van der Waals surface area (Å²) < 4.78 is 0. The molecule has 0 bridgehead atoms. The molecule has 1 aromatic rings. The van der Waals surface area contributed by atoms with Crippen LogP contribution >= 0.6 is 23.1 Å². The van der Waals surface area contributed by atoms with Crippen molar-refractivity contribution in [2.24, 2.45) is 5.41 Å². The Kier molecular flexibility index (Phi) is 3.02. The van der Waals surface area contributed by atoms with Gasteiger partial charge in [0.15, 0.2) is 5.13 Å². The molecule has 1 saturated heterocycles. The fraction of sp³-hybridized carbons (Fsp3) is 0.700. The van der Waals surface area contributed by atoms with Crippen LogP contribution in [-0.4, -0.2) is 22.5 Å². The Hall–Kier alpha value is -0.220. The van der Waals surface area contributed by atoms with Gasteiger partial charge in [0.2, 0.25) is 0 Å². The van der Waals surface area contributed by atoms with E-state index in [9.17, 15) is 0 Å². The third-order valence-corrected chi connectivity index (χ3v) is 4.70. The zero-order chi connectivity index (χ0) is 10.0. The van der Waals surface area contributed by atoms with E-state index >= 15 is 0 Å². The summed E-state index contributed by atoms with van der Waals surface area (Å²) in [6, 6.07) is 0.592. The highest BCUT2D eigenvalue weighted by atomic mass is 32.2. The number of nitrogens with zero attached hydrogens (tertiary/aromatic N) is 1. The molecule has 1 unspecified atom stereocenters. The van der Waals surface area contributed by atoms with Crippen LogP contribution in [0.1, 0.15) is 20.3 Å². The highest BCUT2D eigenvalue weighted by Crippen LogP contribution is 2.34. The molecule has 2 heterocycles. The third-order valence-electron chi connectivity index (χ3n) is 2.37. The molecule has 78 valence electrons. The molecular formula is C10H16N2S2. The van der Waals surface area contributed by atoms with Crippen LogP contribution in [0.4, 0.5) is 5.13 Å². The van der Waals surface area contributed by atoms with Gasteiger partial charge in [-0.1, -0.05) is 13.8 Å². The average molecular weight is 228 g/mol. The molecule has 1 fully saturated rings. The average Bonchev–Trinajstić information content (AvgIpc) is 2.54. The number of anilines is 1. The maximum Gasteiger partial charge on any atom is 0.182 e. The van der Waals surface area contributed by atoms with E-state index in [1.807, 2.05) is 23.3 Å². The molecule has 0 spiro atoms. The van der Waals surface area contributed by atoms with Gasteiger partial charge < -0.3 is 5.32 Å². The number of hydrogen-bond donors (Lipinski definition) is 1. The van der Waals surface area contributed by atoms with Crippen LogP contribution in [0.2, 0.25) is 0 Å². The van der Waals surface area contributed by atoms with E-state index in [-0.39, 0.29) is 0 Å². The van der Waals surface area contributed by atoms with Crippen molar-refractivity contribution >= 4 is 28.2 Å². The molecule has 0 amide bonds. The second-order valence-electron chi connectivity index (χ2n) is 4.56. The lowest BCUT2D eigenvalue weighted by molar-refractivity contribution is 0.358. The van der Waals surface area contributed by atoms with Crippen molar-refractivity contribution in [3.63, 3.8) is 0 Å². The second-order valence-corrected chi connectivity index (χ2v) is 6.49. The minimum atomic E-state index is 0.470. The van der Waals surface area contributed by atoms with E-state index in [0.29, 0.717) is 11.5 Å². The molecule has 1 aliphatic heterocycles. The zero-order valence-electron chi connectivity index (χ0n) is 8.62. The van der Waals surface area contributed by atoms with Gasteiger partial charge in [-0.2, -0.15) is 11.8 Å². The van der Waals surface area contributed by atoms with Crippen molar-refractivity contribution in [3.05, 3.63) is 11.6 Å². The van der Waals surface area contributed by atoms with Crippen LogP contribution in [0.5, 0.6) is 0 Å². The molecule has 14 heavy (non-hydrogen) atoms. The third kappa shape index (κ3) is 2.64. The van der Waals surface area contributed by atoms with Gasteiger partial charge in [-0.3, -0.25) is 0 Å². The first-order chi connectivity index (χ1) is 6.66. The van der Waals surface area contributed by atoms with Gasteiger partial charge in [0, 0.05) is 23.4 Å². The zero-order valence-corrected chi connectivity index (χ0v) is 10.3. The molecular weight excluding hydrogens is 212 g/mol. The van der Waals surface area contributed by atoms with Crippen LogP contribution < -0.4 is 5.32 Å². The maximum atomic E-state index is 4.26. The Morgan fingerprint density at radius 2 is 2.43 bits per heavy atom. The van der Waals surface area contributed by atoms with Gasteiger partial charge in [-0.15, -0.1) is 11.3 Å². The maximum absolute atomic E-state index is 4.26. The minimum Gasteiger partial charge on any atom is -0.358 e. The lowest BCUT2D eigenvalue weighted by Gasteiger charge is -2.34. The van der Waals surface area contributed by atoms with Crippen molar-refractivity contribution in [2.45, 2.75) is 26.3 Å². The first-order valence-corrected chi connectivity index (χ1v) is 6.93. The monoisotopic (exact) mass is 228 g/mol. The van der Waals surface area contributed by atoms with Crippen LogP contribution in [0.3, 0.4) is 0 Å². The fourth-order valence-electron chi connectivity index (χ4n) is 1.82. The Labute approximate surface area is 93.5 Å². The normalized spacial score (nSPS) is 26.0.